The second-order valence-corrected chi connectivity index (χ2v) is 11.8. The van der Waals surface area contributed by atoms with E-state index in [1.165, 1.54) is 37.0 Å². The zero-order valence-electron chi connectivity index (χ0n) is 23.8. The highest BCUT2D eigenvalue weighted by Gasteiger charge is 2.49. The fourth-order valence-corrected chi connectivity index (χ4v) is 6.01. The first kappa shape index (κ1) is 30.5. The molecule has 0 aromatic heterocycles. The smallest absolute Gasteiger partial charge is 0.251 e. The van der Waals surface area contributed by atoms with Gasteiger partial charge in [0.15, 0.2) is 6.10 Å². The highest BCUT2D eigenvalue weighted by molar-refractivity contribution is 6.00. The van der Waals surface area contributed by atoms with Crippen LogP contribution in [0.5, 0.6) is 0 Å². The molecule has 1 heterocycles. The zero-order valence-corrected chi connectivity index (χ0v) is 23.8. The van der Waals surface area contributed by atoms with Gasteiger partial charge in [0, 0.05) is 18.2 Å². The number of carbonyl (C=O) groups is 4. The Morgan fingerprint density at radius 2 is 1.71 bits per heavy atom. The van der Waals surface area contributed by atoms with Crippen molar-refractivity contribution < 1.29 is 24.3 Å². The molecule has 0 radical (unpaired) electrons. The number of amides is 4. The number of benzene rings is 2. The van der Waals surface area contributed by atoms with E-state index < -0.39 is 47.4 Å². The van der Waals surface area contributed by atoms with Crippen LogP contribution in [-0.4, -0.2) is 70.5 Å². The predicted molar refractivity (Wildman–Crippen MR) is 157 cm³/mol. The molecule has 2 saturated carbocycles. The number of aliphatic hydroxyl groups is 1. The fourth-order valence-electron chi connectivity index (χ4n) is 6.01. The molecule has 10 heteroatoms. The van der Waals surface area contributed by atoms with Crippen molar-refractivity contribution in [2.75, 3.05) is 13.1 Å². The van der Waals surface area contributed by atoms with Gasteiger partial charge in [-0.25, -0.2) is 0 Å². The summed E-state index contributed by atoms with van der Waals surface area (Å²) in [5, 5.41) is 17.5. The molecule has 2 aromatic carbocycles. The van der Waals surface area contributed by atoms with Crippen molar-refractivity contribution in [3.05, 3.63) is 48.0 Å². The van der Waals surface area contributed by atoms with Gasteiger partial charge in [0.1, 0.15) is 6.04 Å². The maximum Gasteiger partial charge on any atom is 0.251 e. The van der Waals surface area contributed by atoms with Gasteiger partial charge in [-0.2, -0.15) is 0 Å². The van der Waals surface area contributed by atoms with Crippen molar-refractivity contribution in [1.29, 1.82) is 0 Å². The second kappa shape index (κ2) is 13.4. The van der Waals surface area contributed by atoms with Gasteiger partial charge in [-0.15, -0.1) is 0 Å². The highest BCUT2D eigenvalue weighted by atomic mass is 16.3. The molecular formula is C31H43N5O5. The van der Waals surface area contributed by atoms with Gasteiger partial charge in [-0.3, -0.25) is 19.2 Å². The third kappa shape index (κ3) is 7.42. The van der Waals surface area contributed by atoms with Crippen molar-refractivity contribution in [2.24, 2.45) is 17.4 Å². The van der Waals surface area contributed by atoms with E-state index in [-0.39, 0.29) is 19.5 Å². The first-order chi connectivity index (χ1) is 19.6. The first-order valence-corrected chi connectivity index (χ1v) is 14.7. The Hall–Kier alpha value is -3.50. The number of carbonyl (C=O) groups excluding carboxylic acids is 4. The normalized spacial score (nSPS) is 22.6. The molecule has 41 heavy (non-hydrogen) atoms. The minimum absolute atomic E-state index is 0.161. The lowest BCUT2D eigenvalue weighted by atomic mass is 9.72. The van der Waals surface area contributed by atoms with Crippen LogP contribution in [0.15, 0.2) is 42.5 Å². The molecule has 2 aromatic rings. The molecule has 7 N–H and O–H groups in total. The summed E-state index contributed by atoms with van der Waals surface area (Å²) in [5.41, 5.74) is 10.6. The van der Waals surface area contributed by atoms with E-state index in [0.29, 0.717) is 18.4 Å². The van der Waals surface area contributed by atoms with Crippen molar-refractivity contribution in [3.8, 4) is 0 Å². The van der Waals surface area contributed by atoms with Crippen molar-refractivity contribution >= 4 is 34.4 Å². The number of rotatable bonds is 7. The highest BCUT2D eigenvalue weighted by Crippen LogP contribution is 2.35. The van der Waals surface area contributed by atoms with E-state index in [1.807, 2.05) is 30.3 Å². The Morgan fingerprint density at radius 1 is 1.02 bits per heavy atom. The van der Waals surface area contributed by atoms with Crippen molar-refractivity contribution in [2.45, 2.75) is 88.4 Å². The van der Waals surface area contributed by atoms with Gasteiger partial charge >= 0.3 is 0 Å². The van der Waals surface area contributed by atoms with Crippen molar-refractivity contribution in [1.82, 2.24) is 15.5 Å². The van der Waals surface area contributed by atoms with Gasteiger partial charge in [-0.05, 0) is 54.5 Å². The molecule has 0 bridgehead atoms. The SMILES string of the molecule is CC1CCCCC1.NC(=O)C(O)C1(NC(=O)C2CC(N)CN2C(=O)CNC(=O)c2ccc3ccccc3c2)CCC1. The lowest BCUT2D eigenvalue weighted by molar-refractivity contribution is -0.143. The topological polar surface area (TPSA) is 168 Å². The third-order valence-electron chi connectivity index (χ3n) is 8.67. The van der Waals surface area contributed by atoms with Crippen LogP contribution in [0.25, 0.3) is 10.8 Å². The van der Waals surface area contributed by atoms with Crippen LogP contribution in [0.2, 0.25) is 0 Å². The van der Waals surface area contributed by atoms with Crippen LogP contribution in [-0.2, 0) is 14.4 Å². The maximum absolute atomic E-state index is 13.0. The van der Waals surface area contributed by atoms with E-state index in [2.05, 4.69) is 17.6 Å². The maximum atomic E-state index is 13.0. The molecule has 5 rings (SSSR count). The van der Waals surface area contributed by atoms with Crippen LogP contribution in [0, 0.1) is 5.92 Å². The van der Waals surface area contributed by atoms with E-state index in [0.717, 1.165) is 23.1 Å². The summed E-state index contributed by atoms with van der Waals surface area (Å²) < 4.78 is 0. The van der Waals surface area contributed by atoms with Gasteiger partial charge in [0.25, 0.3) is 5.91 Å². The minimum Gasteiger partial charge on any atom is -0.381 e. The van der Waals surface area contributed by atoms with Crippen LogP contribution in [0.4, 0.5) is 0 Å². The third-order valence-corrected chi connectivity index (χ3v) is 8.67. The molecule has 1 saturated heterocycles. The minimum atomic E-state index is -1.51. The molecule has 222 valence electrons. The number of likely N-dealkylation sites (tertiary alicyclic amines) is 1. The predicted octanol–water partition coefficient (Wildman–Crippen LogP) is 1.97. The number of nitrogens with one attached hydrogen (secondary N) is 2. The van der Waals surface area contributed by atoms with Crippen LogP contribution < -0.4 is 22.1 Å². The zero-order chi connectivity index (χ0) is 29.6. The summed E-state index contributed by atoms with van der Waals surface area (Å²) in [6.07, 6.45) is 7.73. The molecule has 3 atom stereocenters. The van der Waals surface area contributed by atoms with Crippen LogP contribution in [0.3, 0.4) is 0 Å². The number of aliphatic hydroxyl groups excluding tert-OH is 1. The second-order valence-electron chi connectivity index (χ2n) is 11.8. The Labute approximate surface area is 241 Å². The van der Waals surface area contributed by atoms with Gasteiger partial charge < -0.3 is 32.1 Å². The molecule has 2 aliphatic carbocycles. The summed E-state index contributed by atoms with van der Waals surface area (Å²) in [6.45, 7) is 2.23. The fraction of sp³-hybridized carbons (Fsp3) is 0.548. The number of hydrogen-bond acceptors (Lipinski definition) is 6. The molecular weight excluding hydrogens is 522 g/mol. The van der Waals surface area contributed by atoms with E-state index in [4.69, 9.17) is 11.5 Å². The Bertz CT molecular complexity index is 1260. The lowest BCUT2D eigenvalue weighted by Crippen LogP contribution is -2.66. The summed E-state index contributed by atoms with van der Waals surface area (Å²) in [7, 11) is 0. The summed E-state index contributed by atoms with van der Waals surface area (Å²) in [4.78, 5) is 51.4. The number of primary amides is 1. The van der Waals surface area contributed by atoms with Gasteiger partial charge in [0.05, 0.1) is 12.1 Å². The number of hydrogen-bond donors (Lipinski definition) is 5. The Balaban J connectivity index is 0.000000483. The molecule has 10 nitrogen and oxygen atoms in total. The quantitative estimate of drug-likeness (QED) is 0.344. The Morgan fingerprint density at radius 3 is 2.29 bits per heavy atom. The standard InChI is InChI=1S/C24H29N5O5.C7H14/c25-17-11-18(23(34)28-24(8-3-9-24)20(31)21(26)32)29(13-17)19(30)12-27-22(33)16-7-6-14-4-1-2-5-15(14)10-16;1-7-5-3-2-4-6-7/h1-2,4-7,10,17-18,20,31H,3,8-9,11-13,25H2,(H2,26,32)(H,27,33)(H,28,34);7H,2-6H2,1H3. The van der Waals surface area contributed by atoms with E-state index >= 15 is 0 Å². The molecule has 4 amide bonds. The molecule has 0 spiro atoms. The van der Waals surface area contributed by atoms with Crippen LogP contribution >= 0.6 is 0 Å². The average Bonchev–Trinajstić information content (AvgIpc) is 3.35. The van der Waals surface area contributed by atoms with Gasteiger partial charge in [-0.1, -0.05) is 69.4 Å². The number of nitrogens with two attached hydrogens (primary N) is 2. The van der Waals surface area contributed by atoms with E-state index in [1.54, 1.807) is 12.1 Å². The van der Waals surface area contributed by atoms with Crippen molar-refractivity contribution in [3.63, 3.8) is 0 Å². The summed E-state index contributed by atoms with van der Waals surface area (Å²) >= 11 is 0. The largest absolute Gasteiger partial charge is 0.381 e. The molecule has 1 aliphatic heterocycles. The summed E-state index contributed by atoms with van der Waals surface area (Å²) in [5.74, 6) is -1.22. The molecule has 3 aliphatic rings. The lowest BCUT2D eigenvalue weighted by Gasteiger charge is -2.45. The van der Waals surface area contributed by atoms with Crippen LogP contribution in [0.1, 0.15) is 75.1 Å². The number of fused-ring (bicyclic) bond motifs is 1. The molecule has 3 unspecified atom stereocenters. The number of nitrogens with zero attached hydrogens (tertiary/aromatic N) is 1. The monoisotopic (exact) mass is 565 g/mol. The Kier molecular flexibility index (Phi) is 9.99. The van der Waals surface area contributed by atoms with Gasteiger partial charge in [0.2, 0.25) is 17.7 Å². The first-order valence-electron chi connectivity index (χ1n) is 14.7. The van der Waals surface area contributed by atoms with E-state index in [9.17, 15) is 24.3 Å². The average molecular weight is 566 g/mol. The summed E-state index contributed by atoms with van der Waals surface area (Å²) in [6, 6.07) is 11.6. The molecule has 3 fully saturated rings.